The first-order chi connectivity index (χ1) is 13.9. The first-order valence-corrected chi connectivity index (χ1v) is 9.23. The van der Waals surface area contributed by atoms with Gasteiger partial charge in [0, 0.05) is 38.8 Å². The van der Waals surface area contributed by atoms with E-state index in [9.17, 15) is 14.7 Å². The Hall–Kier alpha value is -3.55. The Balaban J connectivity index is 1.69. The number of nitrogens with one attached hydrogen (secondary N) is 1. The first kappa shape index (κ1) is 20.2. The van der Waals surface area contributed by atoms with E-state index in [0.29, 0.717) is 30.8 Å². The van der Waals surface area contributed by atoms with Crippen LogP contribution < -0.4 is 15.0 Å². The van der Waals surface area contributed by atoms with E-state index in [-0.39, 0.29) is 23.4 Å². The smallest absolute Gasteiger partial charge is 0.254 e. The highest BCUT2D eigenvalue weighted by atomic mass is 16.5. The number of phenols is 1. The highest BCUT2D eigenvalue weighted by Crippen LogP contribution is 2.28. The van der Waals surface area contributed by atoms with Crippen LogP contribution in [0.25, 0.3) is 0 Å². The van der Waals surface area contributed by atoms with Crippen molar-refractivity contribution in [3.05, 3.63) is 54.7 Å². The van der Waals surface area contributed by atoms with Crippen molar-refractivity contribution in [3.63, 3.8) is 0 Å². The third-order valence-electron chi connectivity index (χ3n) is 4.59. The number of ether oxygens (including phenoxy) is 1. The first-order valence-electron chi connectivity index (χ1n) is 9.23. The zero-order valence-corrected chi connectivity index (χ0v) is 16.5. The molecule has 2 amide bonds. The maximum Gasteiger partial charge on any atom is 0.254 e. The molecule has 8 nitrogen and oxygen atoms in total. The number of amides is 2. The molecule has 0 radical (unpaired) electrons. The molecule has 1 aromatic heterocycles. The summed E-state index contributed by atoms with van der Waals surface area (Å²) in [6.07, 6.45) is 3.36. The molecular formula is C21H24N4O4. The Morgan fingerprint density at radius 3 is 2.90 bits per heavy atom. The summed E-state index contributed by atoms with van der Waals surface area (Å²) in [5, 5.41) is 12.4. The molecule has 152 valence electrons. The molecule has 8 heteroatoms. The molecule has 0 bridgehead atoms. The van der Waals surface area contributed by atoms with Gasteiger partial charge in [-0.3, -0.25) is 9.59 Å². The largest absolute Gasteiger partial charge is 0.506 e. The lowest BCUT2D eigenvalue weighted by Crippen LogP contribution is -2.31. The van der Waals surface area contributed by atoms with E-state index in [1.165, 1.54) is 18.2 Å². The fourth-order valence-electron chi connectivity index (χ4n) is 3.13. The summed E-state index contributed by atoms with van der Waals surface area (Å²) in [4.78, 5) is 32.3. The summed E-state index contributed by atoms with van der Waals surface area (Å²) < 4.78 is 6.09. The van der Waals surface area contributed by atoms with Gasteiger partial charge in [-0.1, -0.05) is 6.58 Å². The maximum absolute atomic E-state index is 12.9. The number of pyridine rings is 1. The minimum Gasteiger partial charge on any atom is -0.506 e. The third-order valence-corrected chi connectivity index (χ3v) is 4.59. The van der Waals surface area contributed by atoms with Gasteiger partial charge in [0.25, 0.3) is 5.91 Å². The number of anilines is 2. The van der Waals surface area contributed by atoms with E-state index in [2.05, 4.69) is 16.9 Å². The summed E-state index contributed by atoms with van der Waals surface area (Å²) >= 11 is 0. The molecule has 3 rings (SSSR count). The summed E-state index contributed by atoms with van der Waals surface area (Å²) in [6, 6.07) is 8.05. The number of aromatic nitrogens is 1. The Morgan fingerprint density at radius 2 is 2.17 bits per heavy atom. The normalized spacial score (nSPS) is 15.7. The molecular weight excluding hydrogens is 372 g/mol. The van der Waals surface area contributed by atoms with Crippen molar-refractivity contribution in [3.8, 4) is 11.5 Å². The van der Waals surface area contributed by atoms with Crippen molar-refractivity contribution < 1.29 is 19.4 Å². The summed E-state index contributed by atoms with van der Waals surface area (Å²) in [7, 11) is 3.79. The molecule has 2 aromatic rings. The van der Waals surface area contributed by atoms with E-state index >= 15 is 0 Å². The molecule has 1 fully saturated rings. The van der Waals surface area contributed by atoms with Gasteiger partial charge in [-0.15, -0.1) is 0 Å². The molecule has 29 heavy (non-hydrogen) atoms. The van der Waals surface area contributed by atoms with Crippen molar-refractivity contribution >= 4 is 23.3 Å². The Kier molecular flexibility index (Phi) is 6.01. The highest BCUT2D eigenvalue weighted by molar-refractivity contribution is 6.02. The Morgan fingerprint density at radius 1 is 1.38 bits per heavy atom. The zero-order chi connectivity index (χ0) is 21.0. The van der Waals surface area contributed by atoms with Gasteiger partial charge >= 0.3 is 0 Å². The molecule has 1 aliphatic heterocycles. The van der Waals surface area contributed by atoms with Crippen LogP contribution in [0.5, 0.6) is 11.5 Å². The lowest BCUT2D eigenvalue weighted by atomic mass is 10.1. The molecule has 1 aromatic carbocycles. The number of hydrogen-bond acceptors (Lipinski definition) is 6. The van der Waals surface area contributed by atoms with Crippen LogP contribution >= 0.6 is 0 Å². The lowest BCUT2D eigenvalue weighted by Gasteiger charge is -2.20. The van der Waals surface area contributed by atoms with Crippen molar-refractivity contribution in [2.45, 2.75) is 12.5 Å². The average molecular weight is 396 g/mol. The number of hydrogen-bond donors (Lipinski definition) is 2. The summed E-state index contributed by atoms with van der Waals surface area (Å²) in [5.41, 5.74) is 0.539. The van der Waals surface area contributed by atoms with Crippen LogP contribution in [0.3, 0.4) is 0 Å². The quantitative estimate of drug-likeness (QED) is 0.575. The van der Waals surface area contributed by atoms with Crippen LogP contribution in [0.2, 0.25) is 0 Å². The van der Waals surface area contributed by atoms with E-state index in [1.54, 1.807) is 11.1 Å². The standard InChI is InChI=1S/C21H24N4O4/c1-4-19(27)23-16-12-14(7-8-17(16)26)21(28)25-11-9-15(13-25)29-18-6-5-10-22-20(18)24(2)3/h4-8,10,12,15,26H,1,9,11,13H2,2-3H3,(H,23,27)/t15-/m0/s1. The van der Waals surface area contributed by atoms with Gasteiger partial charge in [-0.05, 0) is 36.4 Å². The molecule has 1 saturated heterocycles. The van der Waals surface area contributed by atoms with Crippen LogP contribution in [-0.2, 0) is 4.79 Å². The van der Waals surface area contributed by atoms with Crippen molar-refractivity contribution in [2.75, 3.05) is 37.4 Å². The molecule has 0 saturated carbocycles. The van der Waals surface area contributed by atoms with Gasteiger partial charge in [0.1, 0.15) is 11.9 Å². The second-order valence-corrected chi connectivity index (χ2v) is 6.92. The Labute approximate surface area is 169 Å². The molecule has 2 N–H and O–H groups in total. The predicted molar refractivity (Wildman–Crippen MR) is 110 cm³/mol. The summed E-state index contributed by atoms with van der Waals surface area (Å²) in [6.45, 7) is 4.37. The van der Waals surface area contributed by atoms with Crippen LogP contribution in [0, 0.1) is 0 Å². The topological polar surface area (TPSA) is 95.0 Å². The average Bonchev–Trinajstić information content (AvgIpc) is 3.17. The molecule has 1 aliphatic rings. The lowest BCUT2D eigenvalue weighted by molar-refractivity contribution is -0.111. The predicted octanol–water partition coefficient (Wildman–Crippen LogP) is 2.27. The zero-order valence-electron chi connectivity index (χ0n) is 16.5. The van der Waals surface area contributed by atoms with Crippen molar-refractivity contribution in [1.29, 1.82) is 0 Å². The van der Waals surface area contributed by atoms with E-state index in [4.69, 9.17) is 4.74 Å². The van der Waals surface area contributed by atoms with Gasteiger partial charge in [0.2, 0.25) is 5.91 Å². The number of likely N-dealkylation sites (tertiary alicyclic amines) is 1. The van der Waals surface area contributed by atoms with Crippen LogP contribution in [0.1, 0.15) is 16.8 Å². The number of aromatic hydroxyl groups is 1. The number of phenolic OH excluding ortho intramolecular Hbond substituents is 1. The van der Waals surface area contributed by atoms with Gasteiger partial charge in [0.05, 0.1) is 12.2 Å². The SMILES string of the molecule is C=CC(=O)Nc1cc(C(=O)N2CC[C@H](Oc3cccnc3N(C)C)C2)ccc1O. The fraction of sp³-hybridized carbons (Fsp3) is 0.286. The number of nitrogens with zero attached hydrogens (tertiary/aromatic N) is 3. The molecule has 1 atom stereocenters. The third kappa shape index (κ3) is 4.66. The van der Waals surface area contributed by atoms with Gasteiger partial charge in [-0.2, -0.15) is 0 Å². The molecule has 0 unspecified atom stereocenters. The van der Waals surface area contributed by atoms with Gasteiger partial charge < -0.3 is 25.0 Å². The van der Waals surface area contributed by atoms with Crippen molar-refractivity contribution in [2.24, 2.45) is 0 Å². The van der Waals surface area contributed by atoms with Gasteiger partial charge in [-0.25, -0.2) is 4.98 Å². The fourth-order valence-corrected chi connectivity index (χ4v) is 3.13. The molecule has 2 heterocycles. The summed E-state index contributed by atoms with van der Waals surface area (Å²) in [5.74, 6) is 0.637. The Bertz CT molecular complexity index is 929. The number of rotatable bonds is 6. The minimum absolute atomic E-state index is 0.118. The van der Waals surface area contributed by atoms with E-state index in [0.717, 1.165) is 11.9 Å². The van der Waals surface area contributed by atoms with E-state index < -0.39 is 5.91 Å². The minimum atomic E-state index is -0.465. The molecule has 0 aliphatic carbocycles. The highest BCUT2D eigenvalue weighted by Gasteiger charge is 2.29. The number of carbonyl (C=O) groups excluding carboxylic acids is 2. The van der Waals surface area contributed by atoms with Crippen LogP contribution in [0.15, 0.2) is 49.2 Å². The van der Waals surface area contributed by atoms with Crippen LogP contribution in [0.4, 0.5) is 11.5 Å². The van der Waals surface area contributed by atoms with Crippen molar-refractivity contribution in [1.82, 2.24) is 9.88 Å². The van der Waals surface area contributed by atoms with Crippen LogP contribution in [-0.4, -0.2) is 60.1 Å². The number of benzene rings is 1. The number of carbonyl (C=O) groups is 2. The van der Waals surface area contributed by atoms with Gasteiger partial charge in [0.15, 0.2) is 11.6 Å². The monoisotopic (exact) mass is 396 g/mol. The van der Waals surface area contributed by atoms with E-state index in [1.807, 2.05) is 31.1 Å². The second-order valence-electron chi connectivity index (χ2n) is 6.92. The second kappa shape index (κ2) is 8.64. The molecule has 0 spiro atoms. The maximum atomic E-state index is 12.9.